The smallest absolute Gasteiger partial charge is 0.138 e. The first-order valence-corrected chi connectivity index (χ1v) is 10.1. The van der Waals surface area contributed by atoms with Gasteiger partial charge in [-0.2, -0.15) is 0 Å². The van der Waals surface area contributed by atoms with Crippen molar-refractivity contribution in [1.29, 1.82) is 0 Å². The van der Waals surface area contributed by atoms with Crippen LogP contribution in [-0.4, -0.2) is 27.1 Å². The third kappa shape index (κ3) is 7.98. The summed E-state index contributed by atoms with van der Waals surface area (Å²) in [7, 11) is -0.687. The van der Waals surface area contributed by atoms with Crippen LogP contribution < -0.4 is 5.32 Å². The van der Waals surface area contributed by atoms with Gasteiger partial charge in [0.05, 0.1) is 0 Å². The molecule has 1 N–H and O–H groups in total. The van der Waals surface area contributed by atoms with E-state index in [1.165, 1.54) is 5.56 Å². The van der Waals surface area contributed by atoms with E-state index < -0.39 is 10.8 Å². The van der Waals surface area contributed by atoms with Gasteiger partial charge in [-0.05, 0) is 36.0 Å². The molecule has 0 heterocycles. The van der Waals surface area contributed by atoms with E-state index in [0.29, 0.717) is 0 Å². The highest BCUT2D eigenvalue weighted by Gasteiger charge is 2.13. The topological polar surface area (TPSA) is 29.1 Å². The third-order valence-electron chi connectivity index (χ3n) is 3.06. The van der Waals surface area contributed by atoms with Crippen molar-refractivity contribution in [3.05, 3.63) is 29.8 Å². The number of rotatable bonds is 6. The Bertz CT molecular complexity index is 477. The third-order valence-corrected chi connectivity index (χ3v) is 5.15. The highest BCUT2D eigenvalue weighted by molar-refractivity contribution is 8.23. The molecule has 1 aromatic rings. The molecule has 0 spiro atoms. The van der Waals surface area contributed by atoms with Gasteiger partial charge in [-0.1, -0.05) is 56.9 Å². The predicted molar refractivity (Wildman–Crippen MR) is 99.8 cm³/mol. The molecular formula is C16H25NOS3. The van der Waals surface area contributed by atoms with Gasteiger partial charge in [0.15, 0.2) is 0 Å². The van der Waals surface area contributed by atoms with Crippen LogP contribution in [-0.2, 0) is 16.2 Å². The van der Waals surface area contributed by atoms with Crippen LogP contribution >= 0.6 is 24.0 Å². The average molecular weight is 344 g/mol. The van der Waals surface area contributed by atoms with Gasteiger partial charge in [0.2, 0.25) is 0 Å². The summed E-state index contributed by atoms with van der Waals surface area (Å²) in [5.41, 5.74) is 1.51. The molecular weight excluding hydrogens is 318 g/mol. The van der Waals surface area contributed by atoms with E-state index in [9.17, 15) is 4.21 Å². The Hall–Kier alpha value is -0.390. The minimum Gasteiger partial charge on any atom is -0.371 e. The molecule has 1 rings (SSSR count). The van der Waals surface area contributed by atoms with Gasteiger partial charge in [0.25, 0.3) is 0 Å². The number of thiocarbonyl (C=S) groups is 1. The Labute approximate surface area is 140 Å². The monoisotopic (exact) mass is 343 g/mol. The zero-order valence-electron chi connectivity index (χ0n) is 13.3. The fourth-order valence-electron chi connectivity index (χ4n) is 1.79. The summed E-state index contributed by atoms with van der Waals surface area (Å²) < 4.78 is 11.7. The quantitative estimate of drug-likeness (QED) is 0.478. The molecule has 0 fully saturated rings. The van der Waals surface area contributed by atoms with Crippen molar-refractivity contribution in [2.24, 2.45) is 0 Å². The van der Waals surface area contributed by atoms with Crippen molar-refractivity contribution in [1.82, 2.24) is 5.32 Å². The largest absolute Gasteiger partial charge is 0.371 e. The molecule has 1 atom stereocenters. The first-order chi connectivity index (χ1) is 9.79. The first-order valence-electron chi connectivity index (χ1n) is 7.15. The molecule has 0 radical (unpaired) electrons. The highest BCUT2D eigenvalue weighted by Crippen LogP contribution is 2.25. The second kappa shape index (κ2) is 8.91. The molecule has 0 aliphatic carbocycles. The maximum Gasteiger partial charge on any atom is 0.138 e. The molecule has 1 unspecified atom stereocenters. The van der Waals surface area contributed by atoms with Crippen molar-refractivity contribution in [2.75, 3.05) is 18.6 Å². The lowest BCUT2D eigenvalue weighted by atomic mass is 9.87. The fourth-order valence-corrected chi connectivity index (χ4v) is 3.45. The Morgan fingerprint density at radius 3 is 2.38 bits per heavy atom. The second-order valence-corrected chi connectivity index (χ2v) is 9.38. The number of thioether (sulfide) groups is 1. The maximum atomic E-state index is 10.9. The van der Waals surface area contributed by atoms with E-state index in [1.807, 2.05) is 0 Å². The molecule has 2 nitrogen and oxygen atoms in total. The normalized spacial score (nSPS) is 13.0. The van der Waals surface area contributed by atoms with Gasteiger partial charge in [0.1, 0.15) is 4.32 Å². The van der Waals surface area contributed by atoms with Crippen LogP contribution in [0.5, 0.6) is 0 Å². The molecule has 0 amide bonds. The van der Waals surface area contributed by atoms with Crippen LogP contribution in [0, 0.1) is 0 Å². The van der Waals surface area contributed by atoms with E-state index in [4.69, 9.17) is 12.2 Å². The van der Waals surface area contributed by atoms with Gasteiger partial charge < -0.3 is 5.32 Å². The summed E-state index contributed by atoms with van der Waals surface area (Å²) in [6.07, 6.45) is 3.72. The average Bonchev–Trinajstić information content (AvgIpc) is 2.37. The number of nitrogens with one attached hydrogen (secondary N) is 1. The van der Waals surface area contributed by atoms with E-state index in [0.717, 1.165) is 34.4 Å². The second-order valence-electron chi connectivity index (χ2n) is 6.08. The molecule has 21 heavy (non-hydrogen) atoms. The Balaban J connectivity index is 2.33. The van der Waals surface area contributed by atoms with Crippen LogP contribution in [0.2, 0.25) is 0 Å². The lowest BCUT2D eigenvalue weighted by Gasteiger charge is -2.19. The van der Waals surface area contributed by atoms with Crippen LogP contribution in [0.4, 0.5) is 0 Å². The molecule has 5 heteroatoms. The minimum absolute atomic E-state index is 0.182. The number of hydrogen-bond donors (Lipinski definition) is 1. The summed E-state index contributed by atoms with van der Waals surface area (Å²) in [6, 6.07) is 8.59. The molecule has 0 saturated heterocycles. The Morgan fingerprint density at radius 2 is 1.86 bits per heavy atom. The summed E-state index contributed by atoms with van der Waals surface area (Å²) in [4.78, 5) is 1.16. The van der Waals surface area contributed by atoms with Crippen molar-refractivity contribution in [3.8, 4) is 0 Å². The fraction of sp³-hybridized carbons (Fsp3) is 0.562. The van der Waals surface area contributed by atoms with Crippen LogP contribution in [0.25, 0.3) is 0 Å². The minimum atomic E-state index is -0.687. The molecule has 0 aromatic heterocycles. The van der Waals surface area contributed by atoms with Crippen LogP contribution in [0.3, 0.4) is 0 Å². The SMILES string of the molecule is CS(=O)CCCCNC(=S)Sc1ccc(C(C)(C)C)cc1. The summed E-state index contributed by atoms with van der Waals surface area (Å²) in [5, 5.41) is 3.25. The van der Waals surface area contributed by atoms with Crippen molar-refractivity contribution in [3.63, 3.8) is 0 Å². The highest BCUT2D eigenvalue weighted by atomic mass is 32.2. The van der Waals surface area contributed by atoms with Crippen LogP contribution in [0.15, 0.2) is 29.2 Å². The van der Waals surface area contributed by atoms with Gasteiger partial charge in [0, 0.05) is 34.2 Å². The van der Waals surface area contributed by atoms with E-state index in [2.05, 4.69) is 50.4 Å². The van der Waals surface area contributed by atoms with Crippen molar-refractivity contribution in [2.45, 2.75) is 43.9 Å². The summed E-state index contributed by atoms with van der Waals surface area (Å²) in [6.45, 7) is 7.49. The van der Waals surface area contributed by atoms with E-state index in [1.54, 1.807) is 18.0 Å². The molecule has 0 bridgehead atoms. The van der Waals surface area contributed by atoms with Gasteiger partial charge >= 0.3 is 0 Å². The molecule has 0 aliphatic heterocycles. The number of benzene rings is 1. The summed E-state index contributed by atoms with van der Waals surface area (Å²) in [5.74, 6) is 0.774. The summed E-state index contributed by atoms with van der Waals surface area (Å²) >= 11 is 6.92. The lowest BCUT2D eigenvalue weighted by molar-refractivity contribution is 0.590. The standard InChI is InChI=1S/C16H25NOS3/c1-16(2,3)13-7-9-14(10-8-13)20-15(19)17-11-5-6-12-21(4)18/h7-10H,5-6,11-12H2,1-4H3,(H,17,19). The number of hydrogen-bond acceptors (Lipinski definition) is 3. The van der Waals surface area contributed by atoms with Crippen molar-refractivity contribution < 1.29 is 4.21 Å². The Kier molecular flexibility index (Phi) is 7.92. The predicted octanol–water partition coefficient (Wildman–Crippen LogP) is 4.11. The molecule has 0 saturated carbocycles. The molecule has 1 aromatic carbocycles. The van der Waals surface area contributed by atoms with E-state index >= 15 is 0 Å². The van der Waals surface area contributed by atoms with Gasteiger partial charge in [-0.15, -0.1) is 0 Å². The molecule has 118 valence electrons. The number of unbranched alkanes of at least 4 members (excludes halogenated alkanes) is 1. The van der Waals surface area contributed by atoms with Crippen LogP contribution in [0.1, 0.15) is 39.2 Å². The van der Waals surface area contributed by atoms with E-state index in [-0.39, 0.29) is 5.41 Å². The van der Waals surface area contributed by atoms with Crippen molar-refractivity contribution >= 4 is 39.1 Å². The van der Waals surface area contributed by atoms with Gasteiger partial charge in [-0.25, -0.2) is 0 Å². The zero-order chi connectivity index (χ0) is 15.9. The van der Waals surface area contributed by atoms with Gasteiger partial charge in [-0.3, -0.25) is 4.21 Å². The maximum absolute atomic E-state index is 10.9. The Morgan fingerprint density at radius 1 is 1.24 bits per heavy atom. The lowest BCUT2D eigenvalue weighted by Crippen LogP contribution is -2.19. The first kappa shape index (κ1) is 18.7. The molecule has 0 aliphatic rings. The zero-order valence-corrected chi connectivity index (χ0v) is 15.7.